The van der Waals surface area contributed by atoms with Gasteiger partial charge in [-0.15, -0.1) is 11.3 Å². The number of imidazole rings is 1. The lowest BCUT2D eigenvalue weighted by Gasteiger charge is -2.16. The van der Waals surface area contributed by atoms with Crippen LogP contribution in [0.2, 0.25) is 0 Å². The van der Waals surface area contributed by atoms with E-state index in [-0.39, 0.29) is 6.04 Å². The van der Waals surface area contributed by atoms with Crippen molar-refractivity contribution < 1.29 is 0 Å². The second-order valence-corrected chi connectivity index (χ2v) is 5.30. The Morgan fingerprint density at radius 2 is 2.42 bits per heavy atom. The van der Waals surface area contributed by atoms with Gasteiger partial charge in [0, 0.05) is 42.6 Å². The van der Waals surface area contributed by atoms with Gasteiger partial charge in [0.1, 0.15) is 0 Å². The van der Waals surface area contributed by atoms with E-state index in [1.54, 1.807) is 17.5 Å². The van der Waals surface area contributed by atoms with Gasteiger partial charge in [0.2, 0.25) is 0 Å². The topological polar surface area (TPSA) is 42.2 Å². The summed E-state index contributed by atoms with van der Waals surface area (Å²) in [5.74, 6) is 0. The fraction of sp³-hybridized carbons (Fsp3) is 0.286. The van der Waals surface area contributed by atoms with Crippen LogP contribution in [-0.2, 0) is 6.42 Å². The van der Waals surface area contributed by atoms with Gasteiger partial charge in [-0.3, -0.25) is 9.38 Å². The van der Waals surface area contributed by atoms with Gasteiger partial charge >= 0.3 is 0 Å². The van der Waals surface area contributed by atoms with Gasteiger partial charge < -0.3 is 5.32 Å². The molecule has 98 valence electrons. The van der Waals surface area contributed by atoms with Gasteiger partial charge in [-0.05, 0) is 18.2 Å². The molecule has 0 bridgehead atoms. The van der Waals surface area contributed by atoms with Gasteiger partial charge in [-0.25, -0.2) is 4.98 Å². The van der Waals surface area contributed by atoms with Gasteiger partial charge in [-0.1, -0.05) is 13.0 Å². The largest absolute Gasteiger partial charge is 0.310 e. The van der Waals surface area contributed by atoms with Crippen molar-refractivity contribution in [1.82, 2.24) is 19.7 Å². The van der Waals surface area contributed by atoms with Crippen LogP contribution >= 0.6 is 11.3 Å². The van der Waals surface area contributed by atoms with Crippen LogP contribution in [0.1, 0.15) is 24.2 Å². The summed E-state index contributed by atoms with van der Waals surface area (Å²) < 4.78 is 2.08. The van der Waals surface area contributed by atoms with Crippen molar-refractivity contribution in [3.05, 3.63) is 53.6 Å². The number of aromatic nitrogens is 3. The molecule has 0 radical (unpaired) electrons. The van der Waals surface area contributed by atoms with E-state index >= 15 is 0 Å². The second kappa shape index (κ2) is 5.50. The molecule has 1 unspecified atom stereocenters. The normalized spacial score (nSPS) is 12.9. The third kappa shape index (κ3) is 2.67. The maximum absolute atomic E-state index is 4.64. The predicted molar refractivity (Wildman–Crippen MR) is 77.4 cm³/mol. The summed E-state index contributed by atoms with van der Waals surface area (Å²) in [5.41, 5.74) is 2.32. The monoisotopic (exact) mass is 272 g/mol. The van der Waals surface area contributed by atoms with Gasteiger partial charge in [0.15, 0.2) is 4.96 Å². The van der Waals surface area contributed by atoms with Crippen LogP contribution in [0, 0.1) is 0 Å². The van der Waals surface area contributed by atoms with Crippen LogP contribution in [0.5, 0.6) is 0 Å². The number of pyridine rings is 1. The van der Waals surface area contributed by atoms with Crippen LogP contribution in [-0.4, -0.2) is 20.9 Å². The molecule has 0 saturated carbocycles. The standard InChI is InChI=1S/C14H16N4S/c1-2-16-13(11-4-3-5-15-9-11)8-12-10-18-6-7-19-14(18)17-12/h3-7,9-10,13,16H,2,8H2,1H3. The SMILES string of the molecule is CCNC(Cc1cn2ccsc2n1)c1cccnc1. The molecule has 5 heteroatoms. The molecule has 0 aliphatic carbocycles. The smallest absolute Gasteiger partial charge is 0.193 e. The second-order valence-electron chi connectivity index (χ2n) is 4.43. The Balaban J connectivity index is 1.83. The molecular weight excluding hydrogens is 256 g/mol. The summed E-state index contributed by atoms with van der Waals surface area (Å²) in [7, 11) is 0. The van der Waals surface area contributed by atoms with Crippen LogP contribution < -0.4 is 5.32 Å². The van der Waals surface area contributed by atoms with Crippen molar-refractivity contribution in [2.24, 2.45) is 0 Å². The van der Waals surface area contributed by atoms with E-state index in [0.717, 1.165) is 23.6 Å². The third-order valence-electron chi connectivity index (χ3n) is 3.09. The molecule has 0 aliphatic rings. The molecule has 1 N–H and O–H groups in total. The number of fused-ring (bicyclic) bond motifs is 1. The molecule has 4 nitrogen and oxygen atoms in total. The van der Waals surface area contributed by atoms with Crippen molar-refractivity contribution in [2.75, 3.05) is 6.54 Å². The van der Waals surface area contributed by atoms with E-state index in [0.29, 0.717) is 0 Å². The first kappa shape index (κ1) is 12.3. The summed E-state index contributed by atoms with van der Waals surface area (Å²) in [4.78, 5) is 9.89. The number of nitrogens with one attached hydrogen (secondary N) is 1. The van der Waals surface area contributed by atoms with Crippen molar-refractivity contribution in [1.29, 1.82) is 0 Å². The first-order chi connectivity index (χ1) is 9.36. The van der Waals surface area contributed by atoms with Gasteiger partial charge in [-0.2, -0.15) is 0 Å². The number of thiazole rings is 1. The number of hydrogen-bond donors (Lipinski definition) is 1. The van der Waals surface area contributed by atoms with Crippen molar-refractivity contribution in [2.45, 2.75) is 19.4 Å². The highest BCUT2D eigenvalue weighted by Crippen LogP contribution is 2.19. The number of nitrogens with zero attached hydrogens (tertiary/aromatic N) is 3. The summed E-state index contributed by atoms with van der Waals surface area (Å²) in [5, 5.41) is 5.55. The van der Waals surface area contributed by atoms with E-state index in [1.165, 1.54) is 5.56 Å². The Labute approximate surface area is 116 Å². The van der Waals surface area contributed by atoms with E-state index in [9.17, 15) is 0 Å². The third-order valence-corrected chi connectivity index (χ3v) is 3.86. The Bertz CT molecular complexity index is 615. The van der Waals surface area contributed by atoms with E-state index in [4.69, 9.17) is 0 Å². The highest BCUT2D eigenvalue weighted by atomic mass is 32.1. The molecule has 3 aromatic heterocycles. The lowest BCUT2D eigenvalue weighted by molar-refractivity contribution is 0.543. The zero-order valence-electron chi connectivity index (χ0n) is 10.8. The fourth-order valence-corrected chi connectivity index (χ4v) is 2.94. The fourth-order valence-electron chi connectivity index (χ4n) is 2.22. The maximum atomic E-state index is 4.64. The van der Waals surface area contributed by atoms with Gasteiger partial charge in [0.05, 0.1) is 5.69 Å². The summed E-state index contributed by atoms with van der Waals surface area (Å²) in [6.07, 6.45) is 8.76. The van der Waals surface area contributed by atoms with Crippen LogP contribution in [0.15, 0.2) is 42.3 Å². The molecule has 0 amide bonds. The minimum atomic E-state index is 0.267. The molecule has 1 atom stereocenters. The Morgan fingerprint density at radius 1 is 1.47 bits per heavy atom. The summed E-state index contributed by atoms with van der Waals surface area (Å²) in [6.45, 7) is 3.05. The van der Waals surface area contributed by atoms with Crippen LogP contribution in [0.25, 0.3) is 4.96 Å². The first-order valence-electron chi connectivity index (χ1n) is 6.41. The van der Waals surface area contributed by atoms with Crippen molar-refractivity contribution in [3.8, 4) is 0 Å². The highest BCUT2D eigenvalue weighted by molar-refractivity contribution is 7.15. The lowest BCUT2D eigenvalue weighted by atomic mass is 10.0. The number of hydrogen-bond acceptors (Lipinski definition) is 4. The maximum Gasteiger partial charge on any atom is 0.193 e. The molecule has 19 heavy (non-hydrogen) atoms. The molecule has 0 saturated heterocycles. The van der Waals surface area contributed by atoms with Crippen LogP contribution in [0.4, 0.5) is 0 Å². The van der Waals surface area contributed by atoms with E-state index < -0.39 is 0 Å². The molecule has 3 aromatic rings. The molecule has 3 heterocycles. The molecule has 0 aromatic carbocycles. The molecule has 0 fully saturated rings. The summed E-state index contributed by atoms with van der Waals surface area (Å²) in [6, 6.07) is 4.35. The van der Waals surface area contributed by atoms with Crippen LogP contribution in [0.3, 0.4) is 0 Å². The first-order valence-corrected chi connectivity index (χ1v) is 7.29. The Kier molecular flexibility index (Phi) is 3.57. The minimum absolute atomic E-state index is 0.267. The Hall–Kier alpha value is -1.72. The molecule has 3 rings (SSSR count). The highest BCUT2D eigenvalue weighted by Gasteiger charge is 2.13. The lowest BCUT2D eigenvalue weighted by Crippen LogP contribution is -2.23. The molecule has 0 spiro atoms. The number of likely N-dealkylation sites (N-methyl/N-ethyl adjacent to an activating group) is 1. The Morgan fingerprint density at radius 3 is 3.16 bits per heavy atom. The quantitative estimate of drug-likeness (QED) is 0.776. The molecule has 0 aliphatic heterocycles. The van der Waals surface area contributed by atoms with Crippen molar-refractivity contribution in [3.63, 3.8) is 0 Å². The van der Waals surface area contributed by atoms with E-state index in [2.05, 4.69) is 44.3 Å². The number of rotatable bonds is 5. The molecular formula is C14H16N4S. The minimum Gasteiger partial charge on any atom is -0.310 e. The average Bonchev–Trinajstić information content (AvgIpc) is 3.00. The van der Waals surface area contributed by atoms with E-state index in [1.807, 2.05) is 18.5 Å². The zero-order chi connectivity index (χ0) is 13.1. The summed E-state index contributed by atoms with van der Waals surface area (Å²) >= 11 is 1.66. The average molecular weight is 272 g/mol. The predicted octanol–water partition coefficient (Wildman–Crippen LogP) is 2.68. The zero-order valence-corrected chi connectivity index (χ0v) is 11.6. The van der Waals surface area contributed by atoms with Gasteiger partial charge in [0.25, 0.3) is 0 Å². The van der Waals surface area contributed by atoms with Crippen molar-refractivity contribution >= 4 is 16.3 Å².